The second-order valence-electron chi connectivity index (χ2n) is 6.16. The van der Waals surface area contributed by atoms with Crippen LogP contribution in [-0.4, -0.2) is 42.8 Å². The lowest BCUT2D eigenvalue weighted by molar-refractivity contribution is -0.0353. The molecule has 19 heavy (non-hydrogen) atoms. The van der Waals surface area contributed by atoms with Gasteiger partial charge in [-0.2, -0.15) is 0 Å². The molecule has 1 aliphatic rings. The minimum Gasteiger partial charge on any atom is -0.379 e. The van der Waals surface area contributed by atoms with E-state index in [0.717, 1.165) is 45.1 Å². The number of morpholine rings is 1. The molecule has 1 aliphatic heterocycles. The molecule has 0 aromatic rings. The topological polar surface area (TPSA) is 50.5 Å². The fourth-order valence-electron chi connectivity index (χ4n) is 3.28. The van der Waals surface area contributed by atoms with Crippen LogP contribution in [0, 0.1) is 5.92 Å². The zero-order valence-corrected chi connectivity index (χ0v) is 13.2. The first-order valence-electron chi connectivity index (χ1n) is 7.87. The molecule has 4 nitrogen and oxygen atoms in total. The average molecular weight is 271 g/mol. The van der Waals surface area contributed by atoms with Crippen LogP contribution < -0.4 is 11.3 Å². The number of nitrogens with zero attached hydrogens (tertiary/aromatic N) is 1. The zero-order valence-electron chi connectivity index (χ0n) is 13.2. The van der Waals surface area contributed by atoms with E-state index in [1.54, 1.807) is 0 Å². The molecule has 0 aromatic heterocycles. The van der Waals surface area contributed by atoms with Crippen molar-refractivity contribution >= 4 is 0 Å². The molecule has 0 bridgehead atoms. The van der Waals surface area contributed by atoms with E-state index in [9.17, 15) is 0 Å². The van der Waals surface area contributed by atoms with Gasteiger partial charge in [0.05, 0.1) is 13.2 Å². The summed E-state index contributed by atoms with van der Waals surface area (Å²) in [4.78, 5) is 2.56. The summed E-state index contributed by atoms with van der Waals surface area (Å²) in [5, 5.41) is 0. The van der Waals surface area contributed by atoms with Crippen molar-refractivity contribution < 1.29 is 4.74 Å². The van der Waals surface area contributed by atoms with Gasteiger partial charge in [0.25, 0.3) is 0 Å². The van der Waals surface area contributed by atoms with Gasteiger partial charge in [-0.1, -0.05) is 33.6 Å². The molecule has 4 heteroatoms. The molecular weight excluding hydrogens is 238 g/mol. The summed E-state index contributed by atoms with van der Waals surface area (Å²) in [5.41, 5.74) is 3.22. The number of hydrazine groups is 1. The van der Waals surface area contributed by atoms with Crippen LogP contribution in [0.3, 0.4) is 0 Å². The molecule has 0 amide bonds. The number of ether oxygens (including phenoxy) is 1. The first-order chi connectivity index (χ1) is 9.08. The Bertz CT molecular complexity index is 244. The van der Waals surface area contributed by atoms with E-state index in [1.807, 2.05) is 0 Å². The molecule has 1 heterocycles. The molecule has 0 aliphatic carbocycles. The van der Waals surface area contributed by atoms with Gasteiger partial charge in [0.15, 0.2) is 0 Å². The molecule has 0 aromatic carbocycles. The maximum atomic E-state index is 5.88. The molecule has 1 rings (SSSR count). The van der Waals surface area contributed by atoms with Crippen molar-refractivity contribution in [2.24, 2.45) is 11.8 Å². The summed E-state index contributed by atoms with van der Waals surface area (Å²) >= 11 is 0. The number of nitrogens with one attached hydrogen (secondary N) is 1. The van der Waals surface area contributed by atoms with Crippen molar-refractivity contribution in [3.05, 3.63) is 0 Å². The Labute approximate surface area is 119 Å². The van der Waals surface area contributed by atoms with Gasteiger partial charge in [-0.15, -0.1) is 0 Å². The summed E-state index contributed by atoms with van der Waals surface area (Å²) in [6.45, 7) is 12.9. The van der Waals surface area contributed by atoms with Crippen LogP contribution in [0.2, 0.25) is 0 Å². The van der Waals surface area contributed by atoms with Gasteiger partial charge < -0.3 is 4.74 Å². The molecule has 3 N–H and O–H groups in total. The van der Waals surface area contributed by atoms with Crippen LogP contribution in [0.4, 0.5) is 0 Å². The van der Waals surface area contributed by atoms with Crippen molar-refractivity contribution in [3.8, 4) is 0 Å². The van der Waals surface area contributed by atoms with Crippen molar-refractivity contribution in [1.82, 2.24) is 10.3 Å². The van der Waals surface area contributed by atoms with Crippen molar-refractivity contribution in [2.45, 2.75) is 65.0 Å². The van der Waals surface area contributed by atoms with E-state index in [-0.39, 0.29) is 5.54 Å². The standard InChI is InChI=1S/C15H33N3O/c1-5-7-13(3)12-14(17-16)15(4,6-2)18-8-10-19-11-9-18/h13-14,17H,5-12,16H2,1-4H3. The van der Waals surface area contributed by atoms with E-state index in [2.05, 4.69) is 38.0 Å². The van der Waals surface area contributed by atoms with Crippen LogP contribution in [-0.2, 0) is 4.74 Å². The lowest BCUT2D eigenvalue weighted by Gasteiger charge is -2.48. The first-order valence-corrected chi connectivity index (χ1v) is 7.87. The third kappa shape index (κ3) is 4.42. The van der Waals surface area contributed by atoms with Crippen LogP contribution in [0.25, 0.3) is 0 Å². The summed E-state index contributed by atoms with van der Waals surface area (Å²) in [6.07, 6.45) is 4.78. The van der Waals surface area contributed by atoms with Gasteiger partial charge in [-0.05, 0) is 25.7 Å². The number of hydrogen-bond acceptors (Lipinski definition) is 4. The van der Waals surface area contributed by atoms with Crippen LogP contribution >= 0.6 is 0 Å². The molecule has 0 radical (unpaired) electrons. The van der Waals surface area contributed by atoms with E-state index in [0.29, 0.717) is 6.04 Å². The Hall–Kier alpha value is -0.160. The van der Waals surface area contributed by atoms with Crippen LogP contribution in [0.5, 0.6) is 0 Å². The van der Waals surface area contributed by atoms with E-state index in [4.69, 9.17) is 10.6 Å². The summed E-state index contributed by atoms with van der Waals surface area (Å²) in [6, 6.07) is 0.345. The van der Waals surface area contributed by atoms with Crippen LogP contribution in [0.1, 0.15) is 53.4 Å². The second-order valence-corrected chi connectivity index (χ2v) is 6.16. The Kier molecular flexibility index (Phi) is 7.29. The third-order valence-corrected chi connectivity index (χ3v) is 4.82. The minimum absolute atomic E-state index is 0.126. The molecule has 0 spiro atoms. The van der Waals surface area contributed by atoms with E-state index in [1.165, 1.54) is 12.8 Å². The summed E-state index contributed by atoms with van der Waals surface area (Å²) in [7, 11) is 0. The number of rotatable bonds is 8. The molecule has 3 atom stereocenters. The normalized spacial score (nSPS) is 23.8. The smallest absolute Gasteiger partial charge is 0.0594 e. The average Bonchev–Trinajstić information content (AvgIpc) is 2.45. The third-order valence-electron chi connectivity index (χ3n) is 4.82. The maximum Gasteiger partial charge on any atom is 0.0594 e. The molecule has 114 valence electrons. The van der Waals surface area contributed by atoms with Crippen molar-refractivity contribution in [2.75, 3.05) is 26.3 Å². The van der Waals surface area contributed by atoms with E-state index >= 15 is 0 Å². The Morgan fingerprint density at radius 3 is 2.42 bits per heavy atom. The lowest BCUT2D eigenvalue weighted by atomic mass is 9.81. The fraction of sp³-hybridized carbons (Fsp3) is 1.00. The van der Waals surface area contributed by atoms with Crippen molar-refractivity contribution in [3.63, 3.8) is 0 Å². The quantitative estimate of drug-likeness (QED) is 0.524. The summed E-state index contributed by atoms with van der Waals surface area (Å²) < 4.78 is 5.48. The predicted molar refractivity (Wildman–Crippen MR) is 80.9 cm³/mol. The number of hydrogen-bond donors (Lipinski definition) is 2. The second kappa shape index (κ2) is 8.20. The molecule has 1 saturated heterocycles. The van der Waals surface area contributed by atoms with Gasteiger partial charge in [0, 0.05) is 24.7 Å². The zero-order chi connectivity index (χ0) is 14.3. The molecule has 3 unspecified atom stereocenters. The van der Waals surface area contributed by atoms with Gasteiger partial charge in [0.1, 0.15) is 0 Å². The molecule has 0 saturated carbocycles. The number of nitrogens with two attached hydrogens (primary N) is 1. The Morgan fingerprint density at radius 2 is 1.95 bits per heavy atom. The monoisotopic (exact) mass is 271 g/mol. The predicted octanol–water partition coefficient (Wildman–Crippen LogP) is 2.15. The Balaban J connectivity index is 2.71. The van der Waals surface area contributed by atoms with Gasteiger partial charge >= 0.3 is 0 Å². The highest BCUT2D eigenvalue weighted by Gasteiger charge is 2.38. The largest absolute Gasteiger partial charge is 0.379 e. The fourth-order valence-corrected chi connectivity index (χ4v) is 3.28. The first kappa shape index (κ1) is 16.9. The highest BCUT2D eigenvalue weighted by molar-refractivity contribution is 4.96. The van der Waals surface area contributed by atoms with E-state index < -0.39 is 0 Å². The minimum atomic E-state index is 0.126. The molecular formula is C15H33N3O. The van der Waals surface area contributed by atoms with Crippen molar-refractivity contribution in [1.29, 1.82) is 0 Å². The Morgan fingerprint density at radius 1 is 1.32 bits per heavy atom. The van der Waals surface area contributed by atoms with Gasteiger partial charge in [0.2, 0.25) is 0 Å². The van der Waals surface area contributed by atoms with Crippen LogP contribution in [0.15, 0.2) is 0 Å². The summed E-state index contributed by atoms with van der Waals surface area (Å²) in [5.74, 6) is 6.60. The highest BCUT2D eigenvalue weighted by atomic mass is 16.5. The SMILES string of the molecule is CCCC(C)CC(NN)C(C)(CC)N1CCOCC1. The maximum absolute atomic E-state index is 5.88. The van der Waals surface area contributed by atoms with Gasteiger partial charge in [-0.25, -0.2) is 0 Å². The molecule has 1 fully saturated rings. The lowest BCUT2D eigenvalue weighted by Crippen LogP contribution is -2.63. The van der Waals surface area contributed by atoms with Gasteiger partial charge in [-0.3, -0.25) is 16.2 Å². The highest BCUT2D eigenvalue weighted by Crippen LogP contribution is 2.29.